The largest absolute Gasteiger partial charge is 0.508 e. The number of aliphatic hydroxyl groups excluding tert-OH is 1. The molecule has 0 bridgehead atoms. The number of β-amino-alcohol motifs (C(OH)–C–C–N with tert-alkyl or cyclic N) is 1. The molecule has 1 atom stereocenters. The molecular weight excluding hydrogens is 232 g/mol. The van der Waals surface area contributed by atoms with Crippen LogP contribution in [0, 0.1) is 0 Å². The van der Waals surface area contributed by atoms with E-state index in [4.69, 9.17) is 0 Å². The first-order valence-electron chi connectivity index (χ1n) is 6.16. The van der Waals surface area contributed by atoms with Crippen molar-refractivity contribution in [2.24, 2.45) is 0 Å². The highest BCUT2D eigenvalue weighted by molar-refractivity contribution is 5.37. The number of hydrogen-bond acceptors (Lipinski definition) is 5. The van der Waals surface area contributed by atoms with Gasteiger partial charge in [-0.1, -0.05) is 0 Å². The molecule has 100 valence electrons. The van der Waals surface area contributed by atoms with Crippen LogP contribution in [0.3, 0.4) is 0 Å². The van der Waals surface area contributed by atoms with E-state index >= 15 is 0 Å². The fraction of sp³-hybridized carbons (Fsp3) is 0.538. The molecule has 1 aromatic carbocycles. The molecule has 1 unspecified atom stereocenters. The molecule has 2 rings (SSSR count). The average Bonchev–Trinajstić information content (AvgIpc) is 2.31. The third kappa shape index (κ3) is 3.35. The van der Waals surface area contributed by atoms with Crippen molar-refractivity contribution in [3.8, 4) is 11.5 Å². The zero-order valence-corrected chi connectivity index (χ0v) is 10.6. The number of likely N-dealkylation sites (N-methyl/N-ethyl adjacent to an activating group) is 1. The quantitative estimate of drug-likeness (QED) is 0.725. The molecule has 1 aliphatic heterocycles. The third-order valence-electron chi connectivity index (χ3n) is 3.34. The first-order valence-corrected chi connectivity index (χ1v) is 6.16. The van der Waals surface area contributed by atoms with Gasteiger partial charge in [0.2, 0.25) is 0 Å². The second-order valence-corrected chi connectivity index (χ2v) is 4.90. The van der Waals surface area contributed by atoms with Gasteiger partial charge < -0.3 is 20.2 Å². The van der Waals surface area contributed by atoms with Gasteiger partial charge in [-0.05, 0) is 24.7 Å². The lowest BCUT2D eigenvalue weighted by atomic mass is 10.1. The van der Waals surface area contributed by atoms with E-state index in [9.17, 15) is 15.3 Å². The van der Waals surface area contributed by atoms with Gasteiger partial charge in [-0.3, -0.25) is 4.90 Å². The standard InChI is InChI=1S/C13H20N2O3/c1-14-2-4-15(5-3-14)9-13(18)10-6-11(16)8-12(17)7-10/h6-8,13,16-18H,2-5,9H2,1H3. The van der Waals surface area contributed by atoms with Crippen molar-refractivity contribution in [1.29, 1.82) is 0 Å². The summed E-state index contributed by atoms with van der Waals surface area (Å²) >= 11 is 0. The molecule has 0 saturated carbocycles. The van der Waals surface area contributed by atoms with Crippen LogP contribution in [0.15, 0.2) is 18.2 Å². The number of piperazine rings is 1. The molecule has 1 fully saturated rings. The molecule has 1 saturated heterocycles. The summed E-state index contributed by atoms with van der Waals surface area (Å²) in [5.41, 5.74) is 0.548. The summed E-state index contributed by atoms with van der Waals surface area (Å²) in [6.07, 6.45) is -0.689. The number of phenolic OH excluding ortho intramolecular Hbond substituents is 2. The summed E-state index contributed by atoms with van der Waals surface area (Å²) in [4.78, 5) is 4.44. The van der Waals surface area contributed by atoms with E-state index in [0.29, 0.717) is 12.1 Å². The Labute approximate surface area is 107 Å². The Kier molecular flexibility index (Phi) is 4.06. The minimum absolute atomic E-state index is 0.0255. The van der Waals surface area contributed by atoms with Gasteiger partial charge in [0, 0.05) is 38.8 Å². The second-order valence-electron chi connectivity index (χ2n) is 4.90. The predicted octanol–water partition coefficient (Wildman–Crippen LogP) is 0.379. The van der Waals surface area contributed by atoms with E-state index in [1.54, 1.807) is 0 Å². The van der Waals surface area contributed by atoms with Crippen LogP contribution in [0.25, 0.3) is 0 Å². The molecule has 5 heteroatoms. The maximum absolute atomic E-state index is 10.1. The molecule has 0 amide bonds. The number of nitrogens with zero attached hydrogens (tertiary/aromatic N) is 2. The van der Waals surface area contributed by atoms with Gasteiger partial charge in [-0.25, -0.2) is 0 Å². The summed E-state index contributed by atoms with van der Waals surface area (Å²) in [7, 11) is 2.08. The monoisotopic (exact) mass is 252 g/mol. The lowest BCUT2D eigenvalue weighted by Crippen LogP contribution is -2.45. The molecule has 18 heavy (non-hydrogen) atoms. The molecular formula is C13H20N2O3. The number of aromatic hydroxyl groups is 2. The Hall–Kier alpha value is -1.30. The fourth-order valence-electron chi connectivity index (χ4n) is 2.19. The van der Waals surface area contributed by atoms with Gasteiger partial charge in [-0.2, -0.15) is 0 Å². The van der Waals surface area contributed by atoms with E-state index in [1.807, 2.05) is 0 Å². The van der Waals surface area contributed by atoms with Crippen molar-refractivity contribution in [1.82, 2.24) is 9.80 Å². The SMILES string of the molecule is CN1CCN(CC(O)c2cc(O)cc(O)c2)CC1. The van der Waals surface area contributed by atoms with Crippen molar-refractivity contribution < 1.29 is 15.3 Å². The van der Waals surface area contributed by atoms with E-state index in [0.717, 1.165) is 26.2 Å². The fourth-order valence-corrected chi connectivity index (χ4v) is 2.19. The maximum atomic E-state index is 10.1. The Bertz CT molecular complexity index is 383. The Morgan fingerprint density at radius 1 is 1.06 bits per heavy atom. The van der Waals surface area contributed by atoms with E-state index < -0.39 is 6.10 Å². The smallest absolute Gasteiger partial charge is 0.119 e. The first-order chi connectivity index (χ1) is 8.54. The van der Waals surface area contributed by atoms with Crippen molar-refractivity contribution in [2.75, 3.05) is 39.8 Å². The van der Waals surface area contributed by atoms with E-state index in [1.165, 1.54) is 18.2 Å². The van der Waals surface area contributed by atoms with Crippen LogP contribution < -0.4 is 0 Å². The molecule has 1 heterocycles. The Morgan fingerprint density at radius 3 is 2.17 bits per heavy atom. The zero-order valence-electron chi connectivity index (χ0n) is 10.6. The first kappa shape index (κ1) is 13.1. The van der Waals surface area contributed by atoms with Crippen LogP contribution in [0.5, 0.6) is 11.5 Å². The molecule has 0 spiro atoms. The van der Waals surface area contributed by atoms with E-state index in [-0.39, 0.29) is 11.5 Å². The van der Waals surface area contributed by atoms with Crippen LogP contribution >= 0.6 is 0 Å². The maximum Gasteiger partial charge on any atom is 0.119 e. The Morgan fingerprint density at radius 2 is 1.61 bits per heavy atom. The molecule has 3 N–H and O–H groups in total. The minimum Gasteiger partial charge on any atom is -0.508 e. The minimum atomic E-state index is -0.689. The van der Waals surface area contributed by atoms with Gasteiger partial charge in [0.05, 0.1) is 6.10 Å². The molecule has 0 radical (unpaired) electrons. The van der Waals surface area contributed by atoms with Crippen molar-refractivity contribution in [3.63, 3.8) is 0 Å². The summed E-state index contributed by atoms with van der Waals surface area (Å²) in [5.74, 6) is -0.0511. The molecule has 0 aromatic heterocycles. The van der Waals surface area contributed by atoms with Gasteiger partial charge in [0.15, 0.2) is 0 Å². The van der Waals surface area contributed by atoms with Gasteiger partial charge in [0.1, 0.15) is 11.5 Å². The number of rotatable bonds is 3. The van der Waals surface area contributed by atoms with Gasteiger partial charge in [-0.15, -0.1) is 0 Å². The number of benzene rings is 1. The van der Waals surface area contributed by atoms with Crippen LogP contribution in [-0.2, 0) is 0 Å². The highest BCUT2D eigenvalue weighted by atomic mass is 16.3. The number of hydrogen-bond donors (Lipinski definition) is 3. The van der Waals surface area contributed by atoms with Gasteiger partial charge in [0.25, 0.3) is 0 Å². The number of aliphatic hydroxyl groups is 1. The van der Waals surface area contributed by atoms with Crippen molar-refractivity contribution in [2.45, 2.75) is 6.10 Å². The highest BCUT2D eigenvalue weighted by Gasteiger charge is 2.18. The highest BCUT2D eigenvalue weighted by Crippen LogP contribution is 2.25. The average molecular weight is 252 g/mol. The summed E-state index contributed by atoms with van der Waals surface area (Å²) in [6, 6.07) is 4.23. The Balaban J connectivity index is 1.96. The molecule has 1 aromatic rings. The predicted molar refractivity (Wildman–Crippen MR) is 68.7 cm³/mol. The van der Waals surface area contributed by atoms with E-state index in [2.05, 4.69) is 16.8 Å². The van der Waals surface area contributed by atoms with Crippen LogP contribution in [-0.4, -0.2) is 64.9 Å². The molecule has 1 aliphatic rings. The number of phenols is 2. The van der Waals surface area contributed by atoms with Crippen LogP contribution in [0.1, 0.15) is 11.7 Å². The topological polar surface area (TPSA) is 67.2 Å². The summed E-state index contributed by atoms with van der Waals surface area (Å²) < 4.78 is 0. The van der Waals surface area contributed by atoms with Crippen molar-refractivity contribution in [3.05, 3.63) is 23.8 Å². The molecule has 5 nitrogen and oxygen atoms in total. The van der Waals surface area contributed by atoms with Crippen molar-refractivity contribution >= 4 is 0 Å². The summed E-state index contributed by atoms with van der Waals surface area (Å²) in [6.45, 7) is 4.38. The normalized spacial score (nSPS) is 19.9. The third-order valence-corrected chi connectivity index (χ3v) is 3.34. The lowest BCUT2D eigenvalue weighted by Gasteiger charge is -2.33. The van der Waals surface area contributed by atoms with Crippen LogP contribution in [0.4, 0.5) is 0 Å². The second kappa shape index (κ2) is 5.56. The van der Waals surface area contributed by atoms with Crippen LogP contribution in [0.2, 0.25) is 0 Å². The molecule has 0 aliphatic carbocycles. The summed E-state index contributed by atoms with van der Waals surface area (Å²) in [5, 5.41) is 28.9. The zero-order chi connectivity index (χ0) is 13.1. The van der Waals surface area contributed by atoms with Gasteiger partial charge >= 0.3 is 0 Å². The lowest BCUT2D eigenvalue weighted by molar-refractivity contribution is 0.0803.